The number of hydrogen-bond donors (Lipinski definition) is 0. The van der Waals surface area contributed by atoms with E-state index < -0.39 is 0 Å². The summed E-state index contributed by atoms with van der Waals surface area (Å²) < 4.78 is 29.3. The van der Waals surface area contributed by atoms with Crippen LogP contribution in [0.1, 0.15) is 25.7 Å². The normalized spacial score (nSPS) is 33.8. The number of para-hydroxylation sites is 2. The van der Waals surface area contributed by atoms with Crippen LogP contribution in [-0.2, 0) is 19.0 Å². The Bertz CT molecular complexity index is 805. The molecule has 3 heterocycles. The third kappa shape index (κ3) is 3.82. The fraction of sp³-hybridized carbons (Fsp3) is 0.609. The van der Waals surface area contributed by atoms with Crippen molar-refractivity contribution in [1.82, 2.24) is 4.90 Å². The van der Waals surface area contributed by atoms with Gasteiger partial charge in [-0.25, -0.2) is 0 Å². The minimum absolute atomic E-state index is 0.00635. The number of rotatable bonds is 5. The highest BCUT2D eigenvalue weighted by Gasteiger charge is 2.49. The summed E-state index contributed by atoms with van der Waals surface area (Å²) in [5, 5.41) is 0. The van der Waals surface area contributed by atoms with Gasteiger partial charge >= 0.3 is 0 Å². The van der Waals surface area contributed by atoms with Crippen molar-refractivity contribution in [3.63, 3.8) is 0 Å². The molecule has 1 aliphatic carbocycles. The van der Waals surface area contributed by atoms with Crippen LogP contribution in [-0.4, -0.2) is 62.5 Å². The molecule has 30 heavy (non-hydrogen) atoms. The lowest BCUT2D eigenvalue weighted by Gasteiger charge is -2.48. The zero-order valence-corrected chi connectivity index (χ0v) is 17.3. The van der Waals surface area contributed by atoms with Crippen LogP contribution in [0, 0.1) is 11.8 Å². The summed E-state index contributed by atoms with van der Waals surface area (Å²) in [6.45, 7) is 3.24. The molecule has 0 radical (unpaired) electrons. The molecule has 5 rings (SSSR count). The molecule has 7 nitrogen and oxygen atoms in total. The summed E-state index contributed by atoms with van der Waals surface area (Å²) in [5.41, 5.74) is 0. The van der Waals surface area contributed by atoms with Gasteiger partial charge in [-0.2, -0.15) is 0 Å². The largest absolute Gasteiger partial charge is 0.493 e. The van der Waals surface area contributed by atoms with Crippen LogP contribution in [0.15, 0.2) is 36.3 Å². The first-order valence-corrected chi connectivity index (χ1v) is 10.9. The van der Waals surface area contributed by atoms with Gasteiger partial charge in [0.2, 0.25) is 11.5 Å². The molecule has 3 fully saturated rings. The number of methoxy groups -OCH3 is 1. The highest BCUT2D eigenvalue weighted by atomic mass is 16.5. The summed E-state index contributed by atoms with van der Waals surface area (Å²) in [5.74, 6) is 1.32. The number of fused-ring (bicyclic) bond motifs is 3. The van der Waals surface area contributed by atoms with Crippen LogP contribution in [0.25, 0.3) is 0 Å². The van der Waals surface area contributed by atoms with Crippen LogP contribution in [0.3, 0.4) is 0 Å². The first-order chi connectivity index (χ1) is 14.7. The molecule has 7 heteroatoms. The van der Waals surface area contributed by atoms with Gasteiger partial charge in [-0.05, 0) is 37.8 Å². The first kappa shape index (κ1) is 19.8. The third-order valence-corrected chi connectivity index (χ3v) is 6.69. The number of nitrogens with zero attached hydrogens (tertiary/aromatic N) is 1. The molecule has 0 bridgehead atoms. The fourth-order valence-corrected chi connectivity index (χ4v) is 5.17. The molecule has 4 aliphatic rings. The summed E-state index contributed by atoms with van der Waals surface area (Å²) >= 11 is 0. The number of ether oxygens (including phenoxy) is 5. The quantitative estimate of drug-likeness (QED) is 0.733. The highest BCUT2D eigenvalue weighted by molar-refractivity contribution is 5.96. The number of allylic oxidation sites excluding steroid dienone is 1. The lowest BCUT2D eigenvalue weighted by Crippen LogP contribution is -2.57. The molecule has 5 atom stereocenters. The predicted molar refractivity (Wildman–Crippen MR) is 108 cm³/mol. The van der Waals surface area contributed by atoms with Gasteiger partial charge in [-0.1, -0.05) is 12.1 Å². The number of ketones is 1. The second kappa shape index (κ2) is 8.57. The van der Waals surface area contributed by atoms with E-state index in [1.54, 1.807) is 19.2 Å². The van der Waals surface area contributed by atoms with Gasteiger partial charge < -0.3 is 23.7 Å². The highest BCUT2D eigenvalue weighted by Crippen LogP contribution is 2.41. The zero-order chi connectivity index (χ0) is 20.5. The molecule has 2 saturated heterocycles. The molecular formula is C23H29NO6. The average Bonchev–Trinajstić information content (AvgIpc) is 3.29. The van der Waals surface area contributed by atoms with Crippen LogP contribution in [0.2, 0.25) is 0 Å². The van der Waals surface area contributed by atoms with Gasteiger partial charge in [0.05, 0.1) is 32.0 Å². The number of Topliss-reactive ketones (excluding diaryl/α,β-unsaturated/α-hetero) is 1. The molecule has 5 unspecified atom stereocenters. The van der Waals surface area contributed by atoms with E-state index in [0.29, 0.717) is 24.3 Å². The van der Waals surface area contributed by atoms with Crippen molar-refractivity contribution in [2.45, 2.75) is 44.0 Å². The molecule has 3 aliphatic heterocycles. The van der Waals surface area contributed by atoms with Crippen LogP contribution >= 0.6 is 0 Å². The summed E-state index contributed by atoms with van der Waals surface area (Å²) in [6, 6.07) is 7.30. The third-order valence-electron chi connectivity index (χ3n) is 6.69. The molecule has 0 aromatic heterocycles. The lowest BCUT2D eigenvalue weighted by atomic mass is 9.73. The molecule has 162 valence electrons. The lowest BCUT2D eigenvalue weighted by molar-refractivity contribution is -0.176. The van der Waals surface area contributed by atoms with Crippen molar-refractivity contribution in [2.75, 3.05) is 33.5 Å². The number of hydrogen-bond acceptors (Lipinski definition) is 7. The molecule has 0 spiro atoms. The molecule has 0 N–H and O–H groups in total. The maximum atomic E-state index is 13.2. The summed E-state index contributed by atoms with van der Waals surface area (Å²) in [4.78, 5) is 15.5. The minimum atomic E-state index is -0.202. The predicted octanol–water partition coefficient (Wildman–Crippen LogP) is 2.75. The topological polar surface area (TPSA) is 66.5 Å². The van der Waals surface area contributed by atoms with E-state index in [-0.39, 0.29) is 35.6 Å². The SMILES string of the molecule is COc1ccccc1OC1=COC2C(CCC3OCN(CC4CCCO4)CC32)C1=O. The van der Waals surface area contributed by atoms with E-state index in [9.17, 15) is 4.79 Å². The Morgan fingerprint density at radius 2 is 2.00 bits per heavy atom. The van der Waals surface area contributed by atoms with E-state index in [1.807, 2.05) is 12.1 Å². The Morgan fingerprint density at radius 3 is 2.80 bits per heavy atom. The maximum Gasteiger partial charge on any atom is 0.208 e. The molecule has 1 aromatic rings. The summed E-state index contributed by atoms with van der Waals surface area (Å²) in [7, 11) is 1.58. The monoisotopic (exact) mass is 415 g/mol. The van der Waals surface area contributed by atoms with E-state index in [0.717, 1.165) is 45.4 Å². The van der Waals surface area contributed by atoms with E-state index in [2.05, 4.69) is 4.90 Å². The van der Waals surface area contributed by atoms with Crippen molar-refractivity contribution in [3.05, 3.63) is 36.3 Å². The fourth-order valence-electron chi connectivity index (χ4n) is 5.17. The van der Waals surface area contributed by atoms with Crippen LogP contribution < -0.4 is 9.47 Å². The Morgan fingerprint density at radius 1 is 1.13 bits per heavy atom. The summed E-state index contributed by atoms with van der Waals surface area (Å²) in [6.07, 6.45) is 5.61. The number of benzene rings is 1. The standard InChI is InChI=1S/C23H29NO6/c1-26-19-6-2-3-7-20(19)30-21-13-28-23-16(22(21)25)8-9-18-17(23)12-24(14-29-18)11-15-5-4-10-27-15/h2-3,6-7,13,15-18,23H,4-5,8-12,14H2,1H3. The van der Waals surface area contributed by atoms with E-state index in [4.69, 9.17) is 23.7 Å². The van der Waals surface area contributed by atoms with Crippen LogP contribution in [0.5, 0.6) is 11.5 Å². The average molecular weight is 415 g/mol. The van der Waals surface area contributed by atoms with Crippen molar-refractivity contribution >= 4 is 5.78 Å². The van der Waals surface area contributed by atoms with Gasteiger partial charge in [0, 0.05) is 25.6 Å². The Balaban J connectivity index is 1.28. The van der Waals surface area contributed by atoms with E-state index in [1.165, 1.54) is 6.26 Å². The van der Waals surface area contributed by atoms with Crippen molar-refractivity contribution in [2.24, 2.45) is 11.8 Å². The van der Waals surface area contributed by atoms with Crippen LogP contribution in [0.4, 0.5) is 0 Å². The zero-order valence-electron chi connectivity index (χ0n) is 17.3. The Kier molecular flexibility index (Phi) is 5.67. The van der Waals surface area contributed by atoms with Crippen molar-refractivity contribution in [3.8, 4) is 11.5 Å². The second-order valence-electron chi connectivity index (χ2n) is 8.55. The van der Waals surface area contributed by atoms with E-state index >= 15 is 0 Å². The second-order valence-corrected chi connectivity index (χ2v) is 8.55. The van der Waals surface area contributed by atoms with Crippen molar-refractivity contribution < 1.29 is 28.5 Å². The molecule has 0 amide bonds. The molecule has 1 aromatic carbocycles. The van der Waals surface area contributed by atoms with Gasteiger partial charge in [0.15, 0.2) is 11.5 Å². The van der Waals surface area contributed by atoms with Gasteiger partial charge in [-0.3, -0.25) is 9.69 Å². The van der Waals surface area contributed by atoms with Gasteiger partial charge in [0.1, 0.15) is 12.4 Å². The molecule has 1 saturated carbocycles. The smallest absolute Gasteiger partial charge is 0.208 e. The van der Waals surface area contributed by atoms with Gasteiger partial charge in [-0.15, -0.1) is 0 Å². The Labute approximate surface area is 176 Å². The van der Waals surface area contributed by atoms with Gasteiger partial charge in [0.25, 0.3) is 0 Å². The minimum Gasteiger partial charge on any atom is -0.493 e. The first-order valence-electron chi connectivity index (χ1n) is 10.9. The number of carbonyl (C=O) groups excluding carboxylic acids is 1. The Hall–Kier alpha value is -2.09. The maximum absolute atomic E-state index is 13.2. The van der Waals surface area contributed by atoms with Crippen molar-refractivity contribution in [1.29, 1.82) is 0 Å². The number of carbonyl (C=O) groups is 1. The molecular weight excluding hydrogens is 386 g/mol.